The van der Waals surface area contributed by atoms with Gasteiger partial charge in [-0.15, -0.1) is 0 Å². The van der Waals surface area contributed by atoms with Gasteiger partial charge in [0.25, 0.3) is 0 Å². The highest BCUT2D eigenvalue weighted by molar-refractivity contribution is 5.91. The van der Waals surface area contributed by atoms with E-state index < -0.39 is 5.97 Å². The fraction of sp³-hybridized carbons (Fsp3) is 0.389. The molecule has 4 nitrogen and oxygen atoms in total. The molecule has 2 aromatic rings. The predicted molar refractivity (Wildman–Crippen MR) is 89.0 cm³/mol. The quantitative estimate of drug-likeness (QED) is 0.852. The van der Waals surface area contributed by atoms with E-state index >= 15 is 0 Å². The summed E-state index contributed by atoms with van der Waals surface area (Å²) in [6.07, 6.45) is 1.21. The van der Waals surface area contributed by atoms with Crippen LogP contribution in [0.4, 0.5) is 0 Å². The van der Waals surface area contributed by atoms with E-state index in [0.717, 1.165) is 28.0 Å². The van der Waals surface area contributed by atoms with Crippen molar-refractivity contribution >= 4 is 22.6 Å². The molecule has 0 amide bonds. The molecule has 0 atom stereocenters. The number of benzene rings is 1. The second-order valence-corrected chi connectivity index (χ2v) is 6.17. The number of nitrogens with zero attached hydrogens (tertiary/aromatic N) is 2. The Balaban J connectivity index is 2.63. The molecule has 0 bridgehead atoms. The predicted octanol–water partition coefficient (Wildman–Crippen LogP) is 4.36. The number of carbonyl (C=O) groups is 1. The van der Waals surface area contributed by atoms with E-state index in [2.05, 4.69) is 27.7 Å². The van der Waals surface area contributed by atoms with Gasteiger partial charge >= 0.3 is 5.97 Å². The normalized spacial score (nSPS) is 12.4. The van der Waals surface area contributed by atoms with Crippen LogP contribution in [0.2, 0.25) is 0 Å². The summed E-state index contributed by atoms with van der Waals surface area (Å²) in [6.45, 7) is 10.3. The van der Waals surface area contributed by atoms with Crippen molar-refractivity contribution in [2.24, 2.45) is 0 Å². The number of aromatic nitrogens is 2. The summed E-state index contributed by atoms with van der Waals surface area (Å²) in [5.74, 6) is -0.321. The maximum absolute atomic E-state index is 10.8. The first kappa shape index (κ1) is 16.1. The number of fused-ring (bicyclic) bond motifs is 1. The molecule has 2 rings (SSSR count). The molecule has 0 unspecified atom stereocenters. The maximum Gasteiger partial charge on any atom is 0.328 e. The van der Waals surface area contributed by atoms with Gasteiger partial charge in [-0.1, -0.05) is 33.8 Å². The minimum absolute atomic E-state index is 0.300. The summed E-state index contributed by atoms with van der Waals surface area (Å²) in [6, 6.07) is 5.71. The zero-order chi connectivity index (χ0) is 16.4. The van der Waals surface area contributed by atoms with Crippen molar-refractivity contribution < 1.29 is 9.90 Å². The van der Waals surface area contributed by atoms with Crippen molar-refractivity contribution in [1.29, 1.82) is 0 Å². The molecule has 1 aromatic carbocycles. The van der Waals surface area contributed by atoms with E-state index in [9.17, 15) is 4.79 Å². The number of allylic oxidation sites excluding steroid dienone is 1. The van der Waals surface area contributed by atoms with Crippen LogP contribution in [-0.2, 0) is 4.79 Å². The molecule has 1 aromatic heterocycles. The van der Waals surface area contributed by atoms with Crippen molar-refractivity contribution in [3.05, 3.63) is 41.2 Å². The zero-order valence-electron chi connectivity index (χ0n) is 13.7. The van der Waals surface area contributed by atoms with Gasteiger partial charge < -0.3 is 5.11 Å². The van der Waals surface area contributed by atoms with Crippen LogP contribution < -0.4 is 0 Å². The van der Waals surface area contributed by atoms with Gasteiger partial charge in [-0.25, -0.2) is 14.8 Å². The highest BCUT2D eigenvalue weighted by atomic mass is 16.4. The molecule has 22 heavy (non-hydrogen) atoms. The molecule has 0 aliphatic rings. The summed E-state index contributed by atoms with van der Waals surface area (Å²) in [5.41, 5.74) is 5.27. The number of carboxylic acids is 1. The highest BCUT2D eigenvalue weighted by Gasteiger charge is 2.15. The Hall–Kier alpha value is -2.23. The van der Waals surface area contributed by atoms with Gasteiger partial charge in [0, 0.05) is 6.08 Å². The highest BCUT2D eigenvalue weighted by Crippen LogP contribution is 2.26. The summed E-state index contributed by atoms with van der Waals surface area (Å²) in [4.78, 5) is 20.3. The van der Waals surface area contributed by atoms with Crippen LogP contribution >= 0.6 is 0 Å². The first-order valence-electron chi connectivity index (χ1n) is 7.52. The molecule has 1 N–H and O–H groups in total. The van der Waals surface area contributed by atoms with Crippen LogP contribution in [0, 0.1) is 0 Å². The van der Waals surface area contributed by atoms with E-state index in [0.29, 0.717) is 17.4 Å². The van der Waals surface area contributed by atoms with E-state index in [1.807, 2.05) is 18.2 Å². The molecule has 0 aliphatic carbocycles. The zero-order valence-corrected chi connectivity index (χ0v) is 13.7. The summed E-state index contributed by atoms with van der Waals surface area (Å²) >= 11 is 0. The van der Waals surface area contributed by atoms with Crippen LogP contribution in [0.15, 0.2) is 24.3 Å². The van der Waals surface area contributed by atoms with Crippen LogP contribution in [0.3, 0.4) is 0 Å². The van der Waals surface area contributed by atoms with Gasteiger partial charge in [-0.3, -0.25) is 0 Å². The van der Waals surface area contributed by atoms with E-state index in [1.54, 1.807) is 6.92 Å². The molecule has 0 aliphatic heterocycles. The summed E-state index contributed by atoms with van der Waals surface area (Å²) in [7, 11) is 0. The first-order valence-corrected chi connectivity index (χ1v) is 7.52. The topological polar surface area (TPSA) is 63.1 Å². The monoisotopic (exact) mass is 298 g/mol. The third-order valence-electron chi connectivity index (χ3n) is 3.61. The van der Waals surface area contributed by atoms with E-state index in [-0.39, 0.29) is 0 Å². The number of hydrogen-bond donors (Lipinski definition) is 1. The summed E-state index contributed by atoms with van der Waals surface area (Å²) in [5, 5.41) is 8.87. The number of hydrogen-bond acceptors (Lipinski definition) is 3. The molecular weight excluding hydrogens is 276 g/mol. The van der Waals surface area contributed by atoms with E-state index in [1.165, 1.54) is 6.08 Å². The van der Waals surface area contributed by atoms with Crippen molar-refractivity contribution in [2.75, 3.05) is 0 Å². The second-order valence-electron chi connectivity index (χ2n) is 6.17. The Morgan fingerprint density at radius 2 is 1.59 bits per heavy atom. The third-order valence-corrected chi connectivity index (χ3v) is 3.61. The third kappa shape index (κ3) is 3.32. The fourth-order valence-electron chi connectivity index (χ4n) is 2.45. The fourth-order valence-corrected chi connectivity index (χ4v) is 2.45. The largest absolute Gasteiger partial charge is 0.478 e. The number of aliphatic carboxylic acids is 1. The molecule has 1 heterocycles. The van der Waals surface area contributed by atoms with Crippen molar-refractivity contribution in [3.63, 3.8) is 0 Å². The molecule has 0 radical (unpaired) electrons. The molecular formula is C18H22N2O2. The molecule has 0 saturated carbocycles. The molecule has 116 valence electrons. The lowest BCUT2D eigenvalue weighted by Gasteiger charge is -2.15. The lowest BCUT2D eigenvalue weighted by atomic mass is 9.99. The Bertz CT molecular complexity index is 746. The van der Waals surface area contributed by atoms with E-state index in [4.69, 9.17) is 15.1 Å². The second kappa shape index (κ2) is 6.26. The molecule has 0 spiro atoms. The van der Waals surface area contributed by atoms with Crippen molar-refractivity contribution in [3.8, 4) is 0 Å². The van der Waals surface area contributed by atoms with Gasteiger partial charge in [-0.2, -0.15) is 0 Å². The van der Waals surface area contributed by atoms with Crippen molar-refractivity contribution in [2.45, 2.75) is 46.5 Å². The van der Waals surface area contributed by atoms with Crippen LogP contribution in [-0.4, -0.2) is 21.0 Å². The van der Waals surface area contributed by atoms with Gasteiger partial charge in [0.15, 0.2) is 0 Å². The maximum atomic E-state index is 10.8. The van der Waals surface area contributed by atoms with Crippen LogP contribution in [0.5, 0.6) is 0 Å². The van der Waals surface area contributed by atoms with Crippen LogP contribution in [0.1, 0.15) is 63.4 Å². The standard InChI is InChI=1S/C18H22N2O2/c1-10(2)17-18(11(3)4)20-15-9-13(6-7-14(15)19-17)12(5)8-16(21)22/h6-11H,1-5H3,(H,21,22)/b12-8-. The van der Waals surface area contributed by atoms with Gasteiger partial charge in [0.2, 0.25) is 0 Å². The first-order chi connectivity index (χ1) is 10.3. The van der Waals surface area contributed by atoms with Crippen molar-refractivity contribution in [1.82, 2.24) is 9.97 Å². The Morgan fingerprint density at radius 3 is 2.09 bits per heavy atom. The van der Waals surface area contributed by atoms with Gasteiger partial charge in [-0.05, 0) is 42.0 Å². The minimum Gasteiger partial charge on any atom is -0.478 e. The lowest BCUT2D eigenvalue weighted by molar-refractivity contribution is -0.131. The minimum atomic E-state index is -0.943. The number of carboxylic acid groups (broad SMARTS) is 1. The Labute approximate surface area is 130 Å². The van der Waals surface area contributed by atoms with Gasteiger partial charge in [0.1, 0.15) is 0 Å². The lowest BCUT2D eigenvalue weighted by Crippen LogP contribution is -2.06. The Morgan fingerprint density at radius 1 is 1.05 bits per heavy atom. The average Bonchev–Trinajstić information content (AvgIpc) is 2.44. The molecule has 0 saturated heterocycles. The Kier molecular flexibility index (Phi) is 4.59. The average molecular weight is 298 g/mol. The smallest absolute Gasteiger partial charge is 0.328 e. The molecule has 0 fully saturated rings. The molecule has 4 heteroatoms. The van der Waals surface area contributed by atoms with Gasteiger partial charge in [0.05, 0.1) is 22.4 Å². The summed E-state index contributed by atoms with van der Waals surface area (Å²) < 4.78 is 0. The number of rotatable bonds is 4. The van der Waals surface area contributed by atoms with Crippen LogP contribution in [0.25, 0.3) is 16.6 Å². The SMILES string of the molecule is C/C(=C/C(=O)O)c1ccc2nc(C(C)C)c(C(C)C)nc2c1.